The summed E-state index contributed by atoms with van der Waals surface area (Å²) in [5.41, 5.74) is -0.577. The summed E-state index contributed by atoms with van der Waals surface area (Å²) >= 11 is 0. The van der Waals surface area contributed by atoms with Crippen LogP contribution in [0.25, 0.3) is 0 Å². The normalized spacial score (nSPS) is 53.0. The van der Waals surface area contributed by atoms with E-state index in [4.69, 9.17) is 33.2 Å². The quantitative estimate of drug-likeness (QED) is 0.0939. The van der Waals surface area contributed by atoms with Crippen molar-refractivity contribution < 1.29 is 83.6 Å². The molecule has 0 unspecified atom stereocenters. The number of fused-ring (bicyclic) bond motifs is 7. The second-order valence-electron chi connectivity index (χ2n) is 23.0. The average Bonchev–Trinajstić information content (AvgIpc) is 3.24. The highest BCUT2D eigenvalue weighted by Gasteiger charge is 2.70. The lowest BCUT2D eigenvalue weighted by Gasteiger charge is -2.71. The van der Waals surface area contributed by atoms with Crippen LogP contribution < -0.4 is 0 Å². The van der Waals surface area contributed by atoms with Crippen LogP contribution in [0, 0.1) is 50.2 Å². The van der Waals surface area contributed by atoms with Crippen molar-refractivity contribution in [2.24, 2.45) is 50.2 Å². The number of esters is 1. The number of carboxylic acid groups (broad SMARTS) is 1. The van der Waals surface area contributed by atoms with Crippen molar-refractivity contribution in [2.75, 3.05) is 19.8 Å². The number of aliphatic carboxylic acids is 1. The lowest BCUT2D eigenvalue weighted by molar-refractivity contribution is -0.379. The lowest BCUT2D eigenvalue weighted by atomic mass is 9.33. The predicted octanol–water partition coefficient (Wildman–Crippen LogP) is 2.56. The fourth-order valence-electron chi connectivity index (χ4n) is 14.8. The average molecular weight is 925 g/mol. The second-order valence-corrected chi connectivity index (χ2v) is 23.0. The van der Waals surface area contributed by atoms with Crippen LogP contribution in [-0.4, -0.2) is 159 Å². The molecule has 0 aromatic rings. The maximum absolute atomic E-state index is 13.1. The standard InChI is InChI=1S/C48H76O17/c1-23-32(52)37(64-39-35(55)34(54)28(21-60-39)62-24(2)50)36(56)40(61-23)65-38-33(53)27(51)20-59-41(38)63-31-12-13-44(5)29(45(31,6)22-49)11-14-47(8)30(44)10-9-25-26-19-43(3,4)15-17-48(26,42(57)58)18-16-46(25,47)7/h9,23,26-41,49,51-56H,10-22H2,1-8H3,(H,57,58)/t23-,26-,27-,28-,29+,30+,31-,32-,33-,34-,35+,36+,37+,38+,39-,40-,41-,44-,45-,46+,47+,48-/m0/s1. The van der Waals surface area contributed by atoms with Crippen molar-refractivity contribution in [3.05, 3.63) is 11.6 Å². The molecular formula is C48H76O17. The Kier molecular flexibility index (Phi) is 13.4. The molecule has 0 spiro atoms. The molecule has 8 N–H and O–H groups in total. The molecule has 3 saturated heterocycles. The highest BCUT2D eigenvalue weighted by Crippen LogP contribution is 2.76. The molecule has 3 aliphatic heterocycles. The molecule has 17 heteroatoms. The molecule has 5 aliphatic carbocycles. The molecule has 8 rings (SSSR count). The van der Waals surface area contributed by atoms with E-state index < -0.39 is 109 Å². The molecule has 17 nitrogen and oxygen atoms in total. The maximum Gasteiger partial charge on any atom is 0.310 e. The van der Waals surface area contributed by atoms with Crippen LogP contribution >= 0.6 is 0 Å². The molecule has 0 radical (unpaired) electrons. The Bertz CT molecular complexity index is 1810. The first-order chi connectivity index (χ1) is 30.4. The molecule has 3 heterocycles. The van der Waals surface area contributed by atoms with E-state index in [1.54, 1.807) is 0 Å². The van der Waals surface area contributed by atoms with Crippen molar-refractivity contribution in [3.63, 3.8) is 0 Å². The number of hydrogen-bond donors (Lipinski definition) is 8. The monoisotopic (exact) mass is 925 g/mol. The number of ether oxygens (including phenoxy) is 7. The van der Waals surface area contributed by atoms with Crippen LogP contribution in [0.15, 0.2) is 11.6 Å². The minimum Gasteiger partial charge on any atom is -0.481 e. The second kappa shape index (κ2) is 17.5. The molecule has 0 aromatic heterocycles. The zero-order chi connectivity index (χ0) is 47.4. The van der Waals surface area contributed by atoms with Crippen molar-refractivity contribution in [1.82, 2.24) is 0 Å². The fourth-order valence-corrected chi connectivity index (χ4v) is 14.8. The van der Waals surface area contributed by atoms with Gasteiger partial charge in [-0.05, 0) is 111 Å². The Hall–Kier alpha value is -1.84. The van der Waals surface area contributed by atoms with Crippen LogP contribution in [0.2, 0.25) is 0 Å². The predicted molar refractivity (Wildman–Crippen MR) is 228 cm³/mol. The summed E-state index contributed by atoms with van der Waals surface area (Å²) < 4.78 is 41.4. The van der Waals surface area contributed by atoms with Crippen LogP contribution in [0.4, 0.5) is 0 Å². The topological polar surface area (TPSA) is 261 Å². The molecular weight excluding hydrogens is 849 g/mol. The third kappa shape index (κ3) is 7.96. The molecule has 8 aliphatic rings. The number of rotatable bonds is 9. The summed E-state index contributed by atoms with van der Waals surface area (Å²) in [6.07, 6.45) is -9.35. The Balaban J connectivity index is 1.00. The van der Waals surface area contributed by atoms with Gasteiger partial charge in [0, 0.05) is 12.3 Å². The summed E-state index contributed by atoms with van der Waals surface area (Å²) in [5, 5.41) is 88.5. The Morgan fingerprint density at radius 1 is 0.738 bits per heavy atom. The minimum absolute atomic E-state index is 0.000155. The summed E-state index contributed by atoms with van der Waals surface area (Å²) in [7, 11) is 0. The van der Waals surface area contributed by atoms with Crippen molar-refractivity contribution in [1.29, 1.82) is 0 Å². The van der Waals surface area contributed by atoms with Gasteiger partial charge >= 0.3 is 11.9 Å². The van der Waals surface area contributed by atoms with Crippen molar-refractivity contribution in [3.8, 4) is 0 Å². The van der Waals surface area contributed by atoms with Gasteiger partial charge in [-0.15, -0.1) is 0 Å². The van der Waals surface area contributed by atoms with Gasteiger partial charge in [-0.3, -0.25) is 9.59 Å². The number of carbonyl (C=O) groups is 2. The van der Waals surface area contributed by atoms with E-state index in [9.17, 15) is 50.4 Å². The number of carbonyl (C=O) groups excluding carboxylic acids is 1. The van der Waals surface area contributed by atoms with E-state index in [2.05, 4.69) is 47.6 Å². The van der Waals surface area contributed by atoms with E-state index in [0.717, 1.165) is 51.9 Å². The SMILES string of the molecule is CC(=O)O[C@H]1CO[C@@H](O[C@@H]2[C@@H](O)[C@H](C)O[C@@H](O[C@H]3[C@H](O[C@H]4CC[C@@]5(C)[C@@H](CC[C@]6(C)[C@@H]5CC=C5[C@@H]7CC(C)(C)CC[C@]7(C(=O)O)CC[C@]56C)[C@]4(C)CO)OC[C@H](O)[C@@H]3O)[C@@H]2O)[C@H](O)[C@H]1O. The highest BCUT2D eigenvalue weighted by atomic mass is 16.8. The minimum atomic E-state index is -1.76. The van der Waals surface area contributed by atoms with Gasteiger partial charge in [0.2, 0.25) is 0 Å². The number of aliphatic hydroxyl groups excluding tert-OH is 7. The molecule has 0 aromatic carbocycles. The molecule has 0 amide bonds. The number of aliphatic hydroxyl groups is 7. The number of carboxylic acids is 1. The summed E-state index contributed by atoms with van der Waals surface area (Å²) in [4.78, 5) is 24.6. The summed E-state index contributed by atoms with van der Waals surface area (Å²) in [5.74, 6) is -1.06. The first kappa shape index (κ1) is 49.6. The smallest absolute Gasteiger partial charge is 0.310 e. The molecule has 370 valence electrons. The van der Waals surface area contributed by atoms with Crippen LogP contribution in [0.1, 0.15) is 120 Å². The maximum atomic E-state index is 13.1. The summed E-state index contributed by atoms with van der Waals surface area (Å²) in [6.45, 7) is 15.7. The number of hydrogen-bond acceptors (Lipinski definition) is 16. The van der Waals surface area contributed by atoms with Gasteiger partial charge in [-0.1, -0.05) is 53.2 Å². The van der Waals surface area contributed by atoms with Gasteiger partial charge in [-0.2, -0.15) is 0 Å². The zero-order valence-corrected chi connectivity index (χ0v) is 39.3. The fraction of sp³-hybridized carbons (Fsp3) is 0.917. The van der Waals surface area contributed by atoms with Crippen molar-refractivity contribution >= 4 is 11.9 Å². The van der Waals surface area contributed by atoms with Crippen LogP contribution in [-0.2, 0) is 42.7 Å². The zero-order valence-electron chi connectivity index (χ0n) is 39.3. The third-order valence-corrected chi connectivity index (χ3v) is 19.0. The number of allylic oxidation sites excluding steroid dienone is 2. The molecule has 22 atom stereocenters. The first-order valence-corrected chi connectivity index (χ1v) is 24.0. The van der Waals surface area contributed by atoms with E-state index in [1.165, 1.54) is 12.5 Å². The first-order valence-electron chi connectivity index (χ1n) is 24.0. The van der Waals surface area contributed by atoms with E-state index in [-0.39, 0.29) is 59.2 Å². The Labute approximate surface area is 382 Å². The Morgan fingerprint density at radius 2 is 1.42 bits per heavy atom. The summed E-state index contributed by atoms with van der Waals surface area (Å²) in [6, 6.07) is 0. The van der Waals surface area contributed by atoms with Gasteiger partial charge in [0.1, 0.15) is 48.8 Å². The van der Waals surface area contributed by atoms with E-state index in [0.29, 0.717) is 19.3 Å². The van der Waals surface area contributed by atoms with Gasteiger partial charge < -0.3 is 74.0 Å². The Morgan fingerprint density at radius 3 is 2.09 bits per heavy atom. The molecule has 4 saturated carbocycles. The van der Waals surface area contributed by atoms with Crippen LogP contribution in [0.5, 0.6) is 0 Å². The lowest BCUT2D eigenvalue weighted by Crippen LogP contribution is -2.67. The van der Waals surface area contributed by atoms with Gasteiger partial charge in [0.25, 0.3) is 0 Å². The highest BCUT2D eigenvalue weighted by molar-refractivity contribution is 5.76. The largest absolute Gasteiger partial charge is 0.481 e. The molecule has 0 bridgehead atoms. The molecule has 65 heavy (non-hydrogen) atoms. The molecule has 7 fully saturated rings. The van der Waals surface area contributed by atoms with E-state index >= 15 is 0 Å². The third-order valence-electron chi connectivity index (χ3n) is 19.0. The van der Waals surface area contributed by atoms with E-state index in [1.807, 2.05) is 0 Å². The van der Waals surface area contributed by atoms with Crippen LogP contribution in [0.3, 0.4) is 0 Å². The van der Waals surface area contributed by atoms with Crippen molar-refractivity contribution in [2.45, 2.75) is 206 Å². The van der Waals surface area contributed by atoms with Gasteiger partial charge in [0.05, 0.1) is 37.4 Å². The van der Waals surface area contributed by atoms with Gasteiger partial charge in [-0.25, -0.2) is 0 Å². The van der Waals surface area contributed by atoms with Gasteiger partial charge in [0.15, 0.2) is 25.0 Å².